The quantitative estimate of drug-likeness (QED) is 0.625. The Morgan fingerprint density at radius 2 is 1.91 bits per heavy atom. The highest BCUT2D eigenvalue weighted by molar-refractivity contribution is 5.89. The van der Waals surface area contributed by atoms with Gasteiger partial charge in [-0.1, -0.05) is 13.8 Å². The van der Waals surface area contributed by atoms with Gasteiger partial charge in [-0.15, -0.1) is 0 Å². The third-order valence-electron chi connectivity index (χ3n) is 8.31. The van der Waals surface area contributed by atoms with Gasteiger partial charge < -0.3 is 14.6 Å². The van der Waals surface area contributed by atoms with Crippen LogP contribution in [0.3, 0.4) is 0 Å². The molecule has 0 radical (unpaired) electrons. The van der Waals surface area contributed by atoms with Crippen molar-refractivity contribution in [1.29, 1.82) is 0 Å². The smallest absolute Gasteiger partial charge is 0.316 e. The fourth-order valence-corrected chi connectivity index (χ4v) is 7.67. The lowest BCUT2D eigenvalue weighted by molar-refractivity contribution is -0.159. The molecule has 0 aromatic carbocycles. The first-order valence-corrected chi connectivity index (χ1v) is 8.41. The third-order valence-corrected chi connectivity index (χ3v) is 8.31. The van der Waals surface area contributed by atoms with Crippen LogP contribution in [0.1, 0.15) is 47.0 Å². The molecule has 3 heterocycles. The maximum atomic E-state index is 13.2. The van der Waals surface area contributed by atoms with Gasteiger partial charge in [-0.05, 0) is 43.3 Å². The largest absolute Gasteiger partial charge is 0.481 e. The van der Waals surface area contributed by atoms with Crippen molar-refractivity contribution in [3.63, 3.8) is 0 Å². The summed E-state index contributed by atoms with van der Waals surface area (Å²) >= 11 is 0. The second-order valence-corrected chi connectivity index (χ2v) is 8.87. The Morgan fingerprint density at radius 3 is 2.57 bits per heavy atom. The average molecular weight is 318 g/mol. The van der Waals surface area contributed by atoms with Crippen molar-refractivity contribution in [3.05, 3.63) is 11.1 Å². The molecule has 4 bridgehead atoms. The predicted octanol–water partition coefficient (Wildman–Crippen LogP) is 2.30. The molecule has 3 aliphatic heterocycles. The van der Waals surface area contributed by atoms with Crippen molar-refractivity contribution in [2.45, 2.75) is 65.3 Å². The molecule has 2 saturated carbocycles. The van der Waals surface area contributed by atoms with Crippen LogP contribution in [0.4, 0.5) is 0 Å². The number of carbonyl (C=O) groups excluding carboxylic acids is 1. The highest BCUT2D eigenvalue weighted by atomic mass is 16.6. The van der Waals surface area contributed by atoms with Crippen molar-refractivity contribution in [3.8, 4) is 0 Å². The number of ether oxygens (including phenoxy) is 2. The summed E-state index contributed by atoms with van der Waals surface area (Å²) < 4.78 is 12.2. The monoisotopic (exact) mass is 318 g/mol. The Labute approximate surface area is 135 Å². The molecule has 5 aliphatic rings. The molecule has 7 unspecified atom stereocenters. The third kappa shape index (κ3) is 0.978. The summed E-state index contributed by atoms with van der Waals surface area (Å²) in [6, 6.07) is 0. The van der Waals surface area contributed by atoms with Gasteiger partial charge in [0.2, 0.25) is 0 Å². The molecule has 1 spiro atoms. The van der Waals surface area contributed by atoms with E-state index in [0.29, 0.717) is 0 Å². The molecular formula is C18H22O5. The minimum absolute atomic E-state index is 0.0211. The molecule has 4 fully saturated rings. The molecule has 2 aliphatic carbocycles. The predicted molar refractivity (Wildman–Crippen MR) is 79.5 cm³/mol. The van der Waals surface area contributed by atoms with Crippen molar-refractivity contribution >= 4 is 11.9 Å². The second-order valence-electron chi connectivity index (χ2n) is 8.87. The number of esters is 1. The van der Waals surface area contributed by atoms with Crippen molar-refractivity contribution < 1.29 is 24.2 Å². The van der Waals surface area contributed by atoms with Gasteiger partial charge in [0, 0.05) is 10.8 Å². The summed E-state index contributed by atoms with van der Waals surface area (Å²) in [5.41, 5.74) is 0.151. The van der Waals surface area contributed by atoms with E-state index in [4.69, 9.17) is 9.47 Å². The van der Waals surface area contributed by atoms with E-state index in [-0.39, 0.29) is 41.5 Å². The van der Waals surface area contributed by atoms with Crippen molar-refractivity contribution in [2.75, 3.05) is 0 Å². The summed E-state index contributed by atoms with van der Waals surface area (Å²) in [4.78, 5) is 25.0. The molecule has 5 nitrogen and oxygen atoms in total. The zero-order chi connectivity index (χ0) is 16.6. The zero-order valence-electron chi connectivity index (χ0n) is 13.9. The lowest BCUT2D eigenvalue weighted by Gasteiger charge is -2.54. The summed E-state index contributed by atoms with van der Waals surface area (Å²) in [6.45, 7) is 8.35. The lowest BCUT2D eigenvalue weighted by Crippen LogP contribution is -2.62. The standard InChI is InChI=1S/C18H22O5/c1-8-9(2)13-18-14(21)22-10-5-15(3,7-16(10,18)4)17(18,6-11(19)20)12(8)23-13/h10,12-13H,5-7H2,1-4H3,(H,19,20). The van der Waals surface area contributed by atoms with Crippen molar-refractivity contribution in [1.82, 2.24) is 0 Å². The Bertz CT molecular complexity index is 725. The summed E-state index contributed by atoms with van der Waals surface area (Å²) in [5.74, 6) is -1.06. The van der Waals surface area contributed by atoms with Crippen molar-refractivity contribution in [2.24, 2.45) is 21.7 Å². The first kappa shape index (κ1) is 14.0. The molecule has 5 heteroatoms. The van der Waals surface area contributed by atoms with Gasteiger partial charge in [0.25, 0.3) is 0 Å². The summed E-state index contributed by atoms with van der Waals surface area (Å²) in [6.07, 6.45) is 0.882. The van der Waals surface area contributed by atoms with Gasteiger partial charge in [0.05, 0.1) is 18.6 Å². The number of hydrogen-bond donors (Lipinski definition) is 1. The minimum atomic E-state index is -0.848. The Kier molecular flexibility index (Phi) is 2.05. The number of rotatable bonds is 2. The minimum Gasteiger partial charge on any atom is -0.481 e. The van der Waals surface area contributed by atoms with Crippen LogP contribution in [-0.2, 0) is 19.1 Å². The first-order valence-electron chi connectivity index (χ1n) is 8.41. The van der Waals surface area contributed by atoms with Gasteiger partial charge in [-0.2, -0.15) is 0 Å². The topological polar surface area (TPSA) is 72.8 Å². The van der Waals surface area contributed by atoms with Gasteiger partial charge in [0.1, 0.15) is 11.5 Å². The van der Waals surface area contributed by atoms with Crippen LogP contribution in [0.15, 0.2) is 11.1 Å². The molecule has 23 heavy (non-hydrogen) atoms. The zero-order valence-corrected chi connectivity index (χ0v) is 13.9. The first-order chi connectivity index (χ1) is 10.7. The van der Waals surface area contributed by atoms with E-state index < -0.39 is 16.8 Å². The summed E-state index contributed by atoms with van der Waals surface area (Å²) in [7, 11) is 0. The SMILES string of the molecule is CC1=C(C)C2OC1C1(CC(=O)O)C3(C)CC4OC(=O)C21C4(C)C3. The maximum absolute atomic E-state index is 13.2. The van der Waals surface area contributed by atoms with Crippen LogP contribution in [0.5, 0.6) is 0 Å². The maximum Gasteiger partial charge on any atom is 0.316 e. The lowest BCUT2D eigenvalue weighted by atomic mass is 9.42. The fraction of sp³-hybridized carbons (Fsp3) is 0.778. The van der Waals surface area contributed by atoms with E-state index >= 15 is 0 Å². The number of aliphatic carboxylic acids is 1. The number of carboxylic acid groups (broad SMARTS) is 1. The van der Waals surface area contributed by atoms with Crippen LogP contribution >= 0.6 is 0 Å². The van der Waals surface area contributed by atoms with Gasteiger partial charge in [-0.25, -0.2) is 0 Å². The highest BCUT2D eigenvalue weighted by Gasteiger charge is 2.94. The van der Waals surface area contributed by atoms with Gasteiger partial charge in [-0.3, -0.25) is 9.59 Å². The van der Waals surface area contributed by atoms with E-state index in [0.717, 1.165) is 24.0 Å². The Morgan fingerprint density at radius 1 is 1.26 bits per heavy atom. The molecule has 0 aromatic rings. The molecule has 0 aromatic heterocycles. The summed E-state index contributed by atoms with van der Waals surface area (Å²) in [5, 5.41) is 9.71. The second kappa shape index (κ2) is 3.37. The number of carboxylic acids is 1. The molecule has 124 valence electrons. The van der Waals surface area contributed by atoms with Crippen LogP contribution in [-0.4, -0.2) is 35.4 Å². The molecule has 1 N–H and O–H groups in total. The molecule has 0 amide bonds. The molecular weight excluding hydrogens is 296 g/mol. The molecule has 7 atom stereocenters. The number of fused-ring (bicyclic) bond motifs is 5. The number of hydrogen-bond acceptors (Lipinski definition) is 4. The van der Waals surface area contributed by atoms with Crippen LogP contribution in [0.25, 0.3) is 0 Å². The van der Waals surface area contributed by atoms with Crippen LogP contribution < -0.4 is 0 Å². The average Bonchev–Trinajstić information content (AvgIpc) is 3.06. The van der Waals surface area contributed by atoms with Gasteiger partial charge >= 0.3 is 11.9 Å². The molecule has 5 rings (SSSR count). The normalized spacial score (nSPS) is 58.1. The number of carbonyl (C=O) groups is 2. The van der Waals surface area contributed by atoms with E-state index in [9.17, 15) is 14.7 Å². The van der Waals surface area contributed by atoms with Crippen LogP contribution in [0.2, 0.25) is 0 Å². The van der Waals surface area contributed by atoms with E-state index in [2.05, 4.69) is 13.8 Å². The molecule has 2 saturated heterocycles. The van der Waals surface area contributed by atoms with E-state index in [1.165, 1.54) is 0 Å². The highest BCUT2D eigenvalue weighted by Crippen LogP contribution is 2.88. The van der Waals surface area contributed by atoms with Crippen LogP contribution in [0, 0.1) is 21.7 Å². The Balaban J connectivity index is 1.89. The Hall–Kier alpha value is -1.36. The van der Waals surface area contributed by atoms with E-state index in [1.54, 1.807) is 0 Å². The van der Waals surface area contributed by atoms with Gasteiger partial charge in [0.15, 0.2) is 0 Å². The fourth-order valence-electron chi connectivity index (χ4n) is 7.67. The van der Waals surface area contributed by atoms with E-state index in [1.807, 2.05) is 13.8 Å².